The van der Waals surface area contributed by atoms with Crippen molar-refractivity contribution >= 4 is 6.03 Å². The zero-order valence-corrected chi connectivity index (χ0v) is 15.0. The van der Waals surface area contributed by atoms with Crippen molar-refractivity contribution in [2.24, 2.45) is 5.41 Å². The number of likely N-dealkylation sites (tertiary alicyclic amines) is 1. The highest BCUT2D eigenvalue weighted by Gasteiger charge is 2.33. The van der Waals surface area contributed by atoms with Crippen LogP contribution in [0.3, 0.4) is 0 Å². The van der Waals surface area contributed by atoms with Crippen LogP contribution in [0.5, 0.6) is 5.75 Å². The number of amides is 2. The largest absolute Gasteiger partial charge is 0.496 e. The molecule has 24 heavy (non-hydrogen) atoms. The van der Waals surface area contributed by atoms with Gasteiger partial charge in [0, 0.05) is 32.2 Å². The van der Waals surface area contributed by atoms with Crippen molar-refractivity contribution < 1.29 is 14.6 Å². The summed E-state index contributed by atoms with van der Waals surface area (Å²) in [5, 5.41) is 12.6. The van der Waals surface area contributed by atoms with E-state index in [0.29, 0.717) is 19.6 Å². The van der Waals surface area contributed by atoms with Gasteiger partial charge in [0.2, 0.25) is 0 Å². The molecular weight excluding hydrogens is 304 g/mol. The van der Waals surface area contributed by atoms with Crippen LogP contribution in [0.4, 0.5) is 4.79 Å². The number of urea groups is 1. The van der Waals surface area contributed by atoms with Crippen molar-refractivity contribution in [1.82, 2.24) is 10.2 Å². The minimum Gasteiger partial charge on any atom is -0.496 e. The molecule has 0 saturated carbocycles. The van der Waals surface area contributed by atoms with Crippen molar-refractivity contribution in [2.75, 3.05) is 33.4 Å². The molecule has 134 valence electrons. The third kappa shape index (κ3) is 4.20. The summed E-state index contributed by atoms with van der Waals surface area (Å²) in [5.41, 5.74) is 1.10. The molecule has 1 atom stereocenters. The average Bonchev–Trinajstić information content (AvgIpc) is 2.65. The number of nitrogens with zero attached hydrogens (tertiary/aromatic N) is 1. The molecule has 0 aliphatic carbocycles. The molecule has 2 amide bonds. The Morgan fingerprint density at radius 3 is 2.62 bits per heavy atom. The molecule has 0 aromatic heterocycles. The summed E-state index contributed by atoms with van der Waals surface area (Å²) < 4.78 is 5.39. The lowest BCUT2D eigenvalue weighted by Crippen LogP contribution is -2.48. The molecule has 1 aromatic rings. The lowest BCUT2D eigenvalue weighted by atomic mass is 9.77. The fraction of sp³-hybridized carbons (Fsp3) is 0.632. The Bertz CT molecular complexity index is 533. The van der Waals surface area contributed by atoms with Gasteiger partial charge in [0.15, 0.2) is 0 Å². The third-order valence-electron chi connectivity index (χ3n) is 5.43. The molecular formula is C19H30N2O3. The van der Waals surface area contributed by atoms with E-state index in [2.05, 4.69) is 19.2 Å². The summed E-state index contributed by atoms with van der Waals surface area (Å²) in [7, 11) is 1.67. The molecule has 1 unspecified atom stereocenters. The highest BCUT2D eigenvalue weighted by Crippen LogP contribution is 2.34. The quantitative estimate of drug-likeness (QED) is 0.841. The zero-order valence-electron chi connectivity index (χ0n) is 15.0. The lowest BCUT2D eigenvalue weighted by molar-refractivity contribution is 0.0519. The Morgan fingerprint density at radius 2 is 2.04 bits per heavy atom. The molecule has 2 rings (SSSR count). The minimum absolute atomic E-state index is 0.00146. The summed E-state index contributed by atoms with van der Waals surface area (Å²) in [6, 6.07) is 7.90. The molecule has 0 radical (unpaired) electrons. The third-order valence-corrected chi connectivity index (χ3v) is 5.43. The number of benzene rings is 1. The van der Waals surface area contributed by atoms with Crippen LogP contribution in [0.25, 0.3) is 0 Å². The molecule has 5 nitrogen and oxygen atoms in total. The number of carbonyl (C=O) groups is 1. The maximum absolute atomic E-state index is 12.4. The van der Waals surface area contributed by atoms with Gasteiger partial charge in [-0.3, -0.25) is 0 Å². The Morgan fingerprint density at radius 1 is 1.38 bits per heavy atom. The van der Waals surface area contributed by atoms with Crippen molar-refractivity contribution in [3.8, 4) is 5.75 Å². The van der Waals surface area contributed by atoms with E-state index in [9.17, 15) is 9.90 Å². The fourth-order valence-electron chi connectivity index (χ4n) is 3.34. The van der Waals surface area contributed by atoms with E-state index in [4.69, 9.17) is 4.74 Å². The minimum atomic E-state index is -0.0145. The molecule has 1 saturated heterocycles. The topological polar surface area (TPSA) is 61.8 Å². The van der Waals surface area contributed by atoms with Gasteiger partial charge in [-0.2, -0.15) is 0 Å². The smallest absolute Gasteiger partial charge is 0.317 e. The molecule has 5 heteroatoms. The van der Waals surface area contributed by atoms with Crippen molar-refractivity contribution in [2.45, 2.75) is 39.0 Å². The molecule has 1 aliphatic heterocycles. The number of ether oxygens (including phenoxy) is 1. The van der Waals surface area contributed by atoms with Gasteiger partial charge in [-0.05, 0) is 36.3 Å². The number of rotatable bonds is 6. The van der Waals surface area contributed by atoms with E-state index in [1.165, 1.54) is 0 Å². The number of methoxy groups -OCH3 is 1. The van der Waals surface area contributed by atoms with Crippen LogP contribution in [0.15, 0.2) is 24.3 Å². The number of para-hydroxylation sites is 1. The SMILES string of the molecule is CCC1(CO)CCN(C(=O)NCC(C)c2ccccc2OC)CC1. The van der Waals surface area contributed by atoms with Crippen LogP contribution in [-0.2, 0) is 0 Å². The van der Waals surface area contributed by atoms with Crippen molar-refractivity contribution in [3.05, 3.63) is 29.8 Å². The number of carbonyl (C=O) groups excluding carboxylic acids is 1. The van der Waals surface area contributed by atoms with Crippen LogP contribution in [0.1, 0.15) is 44.6 Å². The maximum atomic E-state index is 12.4. The molecule has 2 N–H and O–H groups in total. The Hall–Kier alpha value is -1.75. The Labute approximate surface area is 145 Å². The van der Waals surface area contributed by atoms with E-state index < -0.39 is 0 Å². The normalized spacial score (nSPS) is 18.1. The van der Waals surface area contributed by atoms with Gasteiger partial charge in [0.25, 0.3) is 0 Å². The number of piperidine rings is 1. The zero-order chi connectivity index (χ0) is 17.6. The van der Waals surface area contributed by atoms with E-state index >= 15 is 0 Å². The van der Waals surface area contributed by atoms with Gasteiger partial charge < -0.3 is 20.1 Å². The second-order valence-corrected chi connectivity index (χ2v) is 6.83. The van der Waals surface area contributed by atoms with Crippen LogP contribution < -0.4 is 10.1 Å². The van der Waals surface area contributed by atoms with E-state index in [-0.39, 0.29) is 24.0 Å². The van der Waals surface area contributed by atoms with Gasteiger partial charge in [-0.15, -0.1) is 0 Å². The number of aliphatic hydroxyl groups is 1. The Balaban J connectivity index is 1.85. The number of hydrogen-bond acceptors (Lipinski definition) is 3. The standard InChI is InChI=1S/C19H30N2O3/c1-4-19(14-22)9-11-21(12-10-19)18(23)20-13-15(2)16-7-5-6-8-17(16)24-3/h5-8,15,22H,4,9-14H2,1-3H3,(H,20,23). The molecule has 1 fully saturated rings. The first-order chi connectivity index (χ1) is 11.5. The monoisotopic (exact) mass is 334 g/mol. The molecule has 1 aromatic carbocycles. The van der Waals surface area contributed by atoms with Gasteiger partial charge >= 0.3 is 6.03 Å². The van der Waals surface area contributed by atoms with Gasteiger partial charge in [-0.25, -0.2) is 4.79 Å². The summed E-state index contributed by atoms with van der Waals surface area (Å²) in [6.45, 7) is 6.41. The van der Waals surface area contributed by atoms with Crippen LogP contribution in [0.2, 0.25) is 0 Å². The second-order valence-electron chi connectivity index (χ2n) is 6.83. The van der Waals surface area contributed by atoms with Crippen LogP contribution >= 0.6 is 0 Å². The number of aliphatic hydroxyl groups excluding tert-OH is 1. The summed E-state index contributed by atoms with van der Waals surface area (Å²) >= 11 is 0. The molecule has 1 aliphatic rings. The van der Waals surface area contributed by atoms with Gasteiger partial charge in [0.1, 0.15) is 5.75 Å². The maximum Gasteiger partial charge on any atom is 0.317 e. The van der Waals surface area contributed by atoms with Gasteiger partial charge in [0.05, 0.1) is 7.11 Å². The molecule has 0 bridgehead atoms. The van der Waals surface area contributed by atoms with E-state index in [1.54, 1.807) is 7.11 Å². The van der Waals surface area contributed by atoms with E-state index in [0.717, 1.165) is 30.6 Å². The molecule has 1 heterocycles. The lowest BCUT2D eigenvalue weighted by Gasteiger charge is -2.40. The first kappa shape index (κ1) is 18.6. The molecule has 0 spiro atoms. The fourth-order valence-corrected chi connectivity index (χ4v) is 3.34. The predicted octanol–water partition coefficient (Wildman–Crippen LogP) is 2.99. The highest BCUT2D eigenvalue weighted by atomic mass is 16.5. The first-order valence-electron chi connectivity index (χ1n) is 8.82. The number of nitrogens with one attached hydrogen (secondary N) is 1. The Kier molecular flexibility index (Phi) is 6.49. The predicted molar refractivity (Wildman–Crippen MR) is 95.4 cm³/mol. The van der Waals surface area contributed by atoms with Crippen molar-refractivity contribution in [1.29, 1.82) is 0 Å². The highest BCUT2D eigenvalue weighted by molar-refractivity contribution is 5.74. The average molecular weight is 334 g/mol. The van der Waals surface area contributed by atoms with Crippen molar-refractivity contribution in [3.63, 3.8) is 0 Å². The second kappa shape index (κ2) is 8.38. The summed E-state index contributed by atoms with van der Waals surface area (Å²) in [5.74, 6) is 1.04. The number of hydrogen-bond donors (Lipinski definition) is 2. The first-order valence-corrected chi connectivity index (χ1v) is 8.82. The van der Waals surface area contributed by atoms with Crippen LogP contribution in [-0.4, -0.2) is 49.4 Å². The van der Waals surface area contributed by atoms with Crippen LogP contribution in [0, 0.1) is 5.41 Å². The van der Waals surface area contributed by atoms with Gasteiger partial charge in [-0.1, -0.05) is 32.0 Å². The summed E-state index contributed by atoms with van der Waals surface area (Å²) in [4.78, 5) is 14.3. The van der Waals surface area contributed by atoms with E-state index in [1.807, 2.05) is 29.2 Å². The summed E-state index contributed by atoms with van der Waals surface area (Å²) in [6.07, 6.45) is 2.70.